The van der Waals surface area contributed by atoms with Gasteiger partial charge in [0.15, 0.2) is 0 Å². The molecule has 35 heavy (non-hydrogen) atoms. The predicted octanol–water partition coefficient (Wildman–Crippen LogP) is 2.31. The lowest BCUT2D eigenvalue weighted by atomic mass is 10.2. The Balaban J connectivity index is 1.31. The second kappa shape index (κ2) is 10.6. The second-order valence-corrected chi connectivity index (χ2v) is 7.69. The van der Waals surface area contributed by atoms with Gasteiger partial charge in [-0.1, -0.05) is 5.10 Å². The molecular weight excluding hydrogens is 454 g/mol. The highest BCUT2D eigenvalue weighted by molar-refractivity contribution is 6.00. The number of hydrogen-bond acceptors (Lipinski definition) is 10. The normalized spacial score (nSPS) is 13.3. The molecule has 2 amide bonds. The van der Waals surface area contributed by atoms with Crippen molar-refractivity contribution in [1.82, 2.24) is 20.1 Å². The molecule has 12 heteroatoms. The number of hydrogen-bond donors (Lipinski definition) is 2. The molecule has 182 valence electrons. The monoisotopic (exact) mass is 479 g/mol. The molecule has 3 aromatic rings. The predicted molar refractivity (Wildman–Crippen MR) is 127 cm³/mol. The first-order valence-corrected chi connectivity index (χ1v) is 11.1. The number of amides is 2. The summed E-state index contributed by atoms with van der Waals surface area (Å²) in [6.07, 6.45) is 1.55. The number of carbonyl (C=O) groups excluding carboxylic acids is 3. The van der Waals surface area contributed by atoms with E-state index < -0.39 is 11.9 Å². The number of aromatic nitrogens is 3. The molecule has 2 N–H and O–H groups in total. The number of piperazine rings is 1. The minimum atomic E-state index is -0.576. The van der Waals surface area contributed by atoms with Crippen LogP contribution >= 0.6 is 0 Å². The first-order valence-electron chi connectivity index (χ1n) is 11.1. The Morgan fingerprint density at radius 2 is 1.71 bits per heavy atom. The van der Waals surface area contributed by atoms with Gasteiger partial charge in [0, 0.05) is 38.8 Å². The molecule has 0 unspecified atom stereocenters. The molecule has 2 aromatic heterocycles. The summed E-state index contributed by atoms with van der Waals surface area (Å²) in [5, 5.41) is 13.1. The summed E-state index contributed by atoms with van der Waals surface area (Å²) in [5.41, 5.74) is 1.49. The molecule has 1 aliphatic rings. The average molecular weight is 479 g/mol. The van der Waals surface area contributed by atoms with Gasteiger partial charge in [-0.3, -0.25) is 9.59 Å². The van der Waals surface area contributed by atoms with E-state index in [0.29, 0.717) is 49.7 Å². The summed E-state index contributed by atoms with van der Waals surface area (Å²) in [6, 6.07) is 10.1. The fourth-order valence-electron chi connectivity index (χ4n) is 3.48. The van der Waals surface area contributed by atoms with Crippen LogP contribution in [0.25, 0.3) is 0 Å². The van der Waals surface area contributed by atoms with Crippen LogP contribution in [0.1, 0.15) is 34.9 Å². The van der Waals surface area contributed by atoms with Gasteiger partial charge in [0.05, 0.1) is 24.1 Å². The fraction of sp³-hybridized carbons (Fsp3) is 0.304. The number of benzene rings is 1. The number of carbonyl (C=O) groups is 3. The van der Waals surface area contributed by atoms with Crippen LogP contribution in [0.2, 0.25) is 0 Å². The molecule has 0 atom stereocenters. The Bertz CT molecular complexity index is 1190. The van der Waals surface area contributed by atoms with E-state index in [1.54, 1.807) is 61.3 Å². The topological polar surface area (TPSA) is 143 Å². The maximum absolute atomic E-state index is 12.5. The number of pyridine rings is 1. The van der Waals surface area contributed by atoms with Gasteiger partial charge in [0.2, 0.25) is 5.91 Å². The number of nitrogens with one attached hydrogen (secondary N) is 2. The standard InChI is InChI=1S/C23H25N7O5/c1-3-34-22(33)16-4-6-17(7-5-16)26-23-28-27-21(35-23)20(32)25-18-8-9-19(24-14-18)30-12-10-29(11-13-30)15(2)31/h4-9,14H,3,10-13H2,1-2H3,(H,25,32)(H,26,28). The summed E-state index contributed by atoms with van der Waals surface area (Å²) in [6.45, 7) is 6.30. The number of nitrogens with zero attached hydrogens (tertiary/aromatic N) is 5. The van der Waals surface area contributed by atoms with Crippen molar-refractivity contribution in [1.29, 1.82) is 0 Å². The number of esters is 1. The summed E-state index contributed by atoms with van der Waals surface area (Å²) < 4.78 is 10.3. The van der Waals surface area contributed by atoms with Crippen LogP contribution < -0.4 is 15.5 Å². The SMILES string of the molecule is CCOC(=O)c1ccc(Nc2nnc(C(=O)Nc3ccc(N4CCN(C(C)=O)CC4)nc3)o2)cc1. The molecule has 0 aliphatic carbocycles. The largest absolute Gasteiger partial charge is 0.462 e. The van der Waals surface area contributed by atoms with Gasteiger partial charge < -0.3 is 29.6 Å². The van der Waals surface area contributed by atoms with E-state index in [1.165, 1.54) is 0 Å². The van der Waals surface area contributed by atoms with Crippen molar-refractivity contribution in [2.75, 3.05) is 48.3 Å². The van der Waals surface area contributed by atoms with Gasteiger partial charge >= 0.3 is 23.8 Å². The van der Waals surface area contributed by atoms with Gasteiger partial charge in [0.25, 0.3) is 0 Å². The third-order valence-corrected chi connectivity index (χ3v) is 5.32. The van der Waals surface area contributed by atoms with E-state index in [-0.39, 0.29) is 17.8 Å². The molecule has 4 rings (SSSR count). The fourth-order valence-corrected chi connectivity index (χ4v) is 3.48. The van der Waals surface area contributed by atoms with E-state index in [1.807, 2.05) is 0 Å². The summed E-state index contributed by atoms with van der Waals surface area (Å²) in [5.74, 6) is -0.367. The highest BCUT2D eigenvalue weighted by Gasteiger charge is 2.20. The molecule has 1 fully saturated rings. The summed E-state index contributed by atoms with van der Waals surface area (Å²) >= 11 is 0. The van der Waals surface area contributed by atoms with Crippen LogP contribution in [0.5, 0.6) is 0 Å². The molecule has 1 aromatic carbocycles. The lowest BCUT2D eigenvalue weighted by Gasteiger charge is -2.34. The third kappa shape index (κ3) is 5.91. The van der Waals surface area contributed by atoms with Gasteiger partial charge in [-0.15, -0.1) is 5.10 Å². The van der Waals surface area contributed by atoms with Gasteiger partial charge in [0.1, 0.15) is 5.82 Å². The molecular formula is C23H25N7O5. The van der Waals surface area contributed by atoms with Crippen LogP contribution in [-0.2, 0) is 9.53 Å². The quantitative estimate of drug-likeness (QED) is 0.485. The smallest absolute Gasteiger partial charge is 0.338 e. The van der Waals surface area contributed by atoms with E-state index in [4.69, 9.17) is 9.15 Å². The highest BCUT2D eigenvalue weighted by Crippen LogP contribution is 2.19. The van der Waals surface area contributed by atoms with Gasteiger partial charge in [-0.05, 0) is 43.3 Å². The van der Waals surface area contributed by atoms with E-state index in [0.717, 1.165) is 5.82 Å². The first kappa shape index (κ1) is 23.7. The zero-order chi connectivity index (χ0) is 24.8. The van der Waals surface area contributed by atoms with Crippen molar-refractivity contribution >= 4 is 41.0 Å². The summed E-state index contributed by atoms with van der Waals surface area (Å²) in [4.78, 5) is 44.0. The highest BCUT2D eigenvalue weighted by atomic mass is 16.5. The van der Waals surface area contributed by atoms with Crippen molar-refractivity contribution in [3.05, 3.63) is 54.0 Å². The Labute approximate surface area is 201 Å². The van der Waals surface area contributed by atoms with Crippen molar-refractivity contribution < 1.29 is 23.5 Å². The van der Waals surface area contributed by atoms with Crippen LogP contribution in [0.15, 0.2) is 47.0 Å². The number of ether oxygens (including phenoxy) is 1. The van der Waals surface area contributed by atoms with Crippen molar-refractivity contribution in [3.63, 3.8) is 0 Å². The second-order valence-electron chi connectivity index (χ2n) is 7.69. The van der Waals surface area contributed by atoms with E-state index in [9.17, 15) is 14.4 Å². The minimum absolute atomic E-state index is 0.0252. The van der Waals surface area contributed by atoms with E-state index >= 15 is 0 Å². The minimum Gasteiger partial charge on any atom is -0.462 e. The van der Waals surface area contributed by atoms with Crippen molar-refractivity contribution in [2.24, 2.45) is 0 Å². The van der Waals surface area contributed by atoms with Gasteiger partial charge in [-0.25, -0.2) is 9.78 Å². The molecule has 0 saturated carbocycles. The lowest BCUT2D eigenvalue weighted by Crippen LogP contribution is -2.48. The average Bonchev–Trinajstić information content (AvgIpc) is 3.34. The number of rotatable bonds is 7. The van der Waals surface area contributed by atoms with Crippen LogP contribution in [0.4, 0.5) is 23.2 Å². The lowest BCUT2D eigenvalue weighted by molar-refractivity contribution is -0.129. The Morgan fingerprint density at radius 1 is 1.00 bits per heavy atom. The zero-order valence-electron chi connectivity index (χ0n) is 19.4. The zero-order valence-corrected chi connectivity index (χ0v) is 19.4. The van der Waals surface area contributed by atoms with Crippen LogP contribution in [-0.4, -0.2) is 70.7 Å². The maximum atomic E-state index is 12.5. The molecule has 3 heterocycles. The Morgan fingerprint density at radius 3 is 2.34 bits per heavy atom. The van der Waals surface area contributed by atoms with Gasteiger partial charge in [-0.2, -0.15) is 0 Å². The van der Waals surface area contributed by atoms with Crippen molar-refractivity contribution in [2.45, 2.75) is 13.8 Å². The van der Waals surface area contributed by atoms with E-state index in [2.05, 4.69) is 30.7 Å². The molecule has 0 radical (unpaired) electrons. The molecule has 0 bridgehead atoms. The van der Waals surface area contributed by atoms with Crippen molar-refractivity contribution in [3.8, 4) is 0 Å². The number of anilines is 4. The first-order chi connectivity index (χ1) is 16.9. The Kier molecular flexibility index (Phi) is 7.19. The maximum Gasteiger partial charge on any atom is 0.338 e. The van der Waals surface area contributed by atoms with Crippen LogP contribution in [0, 0.1) is 0 Å². The third-order valence-electron chi connectivity index (χ3n) is 5.32. The Hall–Kier alpha value is -4.48. The van der Waals surface area contributed by atoms with Crippen LogP contribution in [0.3, 0.4) is 0 Å². The molecule has 12 nitrogen and oxygen atoms in total. The molecule has 1 aliphatic heterocycles. The molecule has 0 spiro atoms. The molecule has 1 saturated heterocycles. The summed E-state index contributed by atoms with van der Waals surface area (Å²) in [7, 11) is 0.